The quantitative estimate of drug-likeness (QED) is 0.758. The van der Waals surface area contributed by atoms with Gasteiger partial charge in [0.05, 0.1) is 12.3 Å². The maximum Gasteiger partial charge on any atom is 0.414 e. The van der Waals surface area contributed by atoms with Crippen molar-refractivity contribution < 1.29 is 9.53 Å². The molecule has 1 aliphatic heterocycles. The number of rotatable bonds is 1. The van der Waals surface area contributed by atoms with Crippen LogP contribution >= 0.6 is 0 Å². The third kappa shape index (κ3) is 1.98. The van der Waals surface area contributed by atoms with Crippen LogP contribution in [0.1, 0.15) is 33.3 Å². The summed E-state index contributed by atoms with van der Waals surface area (Å²) in [6.45, 7) is 8.63. The van der Waals surface area contributed by atoms with Gasteiger partial charge < -0.3 is 4.74 Å². The molecule has 0 radical (unpaired) electrons. The number of anilines is 1. The molecule has 0 saturated carbocycles. The van der Waals surface area contributed by atoms with Crippen molar-refractivity contribution in [1.82, 2.24) is 0 Å². The number of hydrogen-bond donors (Lipinski definition) is 0. The normalized spacial score (nSPS) is 21.3. The number of carbonyl (C=O) groups is 1. The highest BCUT2D eigenvalue weighted by atomic mass is 16.6. The Labute approximate surface area is 109 Å². The summed E-state index contributed by atoms with van der Waals surface area (Å²) in [5.41, 5.74) is 1.98. The van der Waals surface area contributed by atoms with Gasteiger partial charge in [-0.15, -0.1) is 0 Å². The Hall–Kier alpha value is -1.51. The molecule has 1 unspecified atom stereocenters. The molecule has 18 heavy (non-hydrogen) atoms. The number of para-hydroxylation sites is 1. The van der Waals surface area contributed by atoms with Crippen LogP contribution < -0.4 is 4.90 Å². The van der Waals surface area contributed by atoms with E-state index < -0.39 is 0 Å². The SMILES string of the molecule is CCOC(=O)N1c2ccccc2CC(C)C1(C)C. The van der Waals surface area contributed by atoms with Crippen molar-refractivity contribution in [3.05, 3.63) is 29.8 Å². The predicted octanol–water partition coefficient (Wildman–Crippen LogP) is 3.62. The third-order valence-corrected chi connectivity index (χ3v) is 3.99. The van der Waals surface area contributed by atoms with Crippen molar-refractivity contribution in [2.75, 3.05) is 11.5 Å². The average molecular weight is 247 g/mol. The highest BCUT2D eigenvalue weighted by Crippen LogP contribution is 2.40. The standard InChI is InChI=1S/C15H21NO2/c1-5-18-14(17)16-13-9-7-6-8-12(13)10-11(2)15(16,3)4/h6-9,11H,5,10H2,1-4H3. The van der Waals surface area contributed by atoms with E-state index in [4.69, 9.17) is 4.74 Å². The molecule has 3 heteroatoms. The largest absolute Gasteiger partial charge is 0.449 e. The second kappa shape index (κ2) is 4.63. The fourth-order valence-corrected chi connectivity index (χ4v) is 2.53. The molecule has 1 heterocycles. The van der Waals surface area contributed by atoms with E-state index in [1.807, 2.05) is 25.1 Å². The zero-order valence-corrected chi connectivity index (χ0v) is 11.6. The molecule has 1 aromatic rings. The minimum Gasteiger partial charge on any atom is -0.449 e. The molecule has 98 valence electrons. The number of carbonyl (C=O) groups excluding carboxylic acids is 1. The number of hydrogen-bond acceptors (Lipinski definition) is 2. The number of ether oxygens (including phenoxy) is 1. The molecular weight excluding hydrogens is 226 g/mol. The monoisotopic (exact) mass is 247 g/mol. The molecule has 0 bridgehead atoms. The molecule has 1 aliphatic rings. The molecule has 1 atom stereocenters. The zero-order valence-electron chi connectivity index (χ0n) is 11.6. The summed E-state index contributed by atoms with van der Waals surface area (Å²) in [4.78, 5) is 14.0. The van der Waals surface area contributed by atoms with Crippen molar-refractivity contribution in [3.63, 3.8) is 0 Å². The highest BCUT2D eigenvalue weighted by Gasteiger charge is 2.42. The third-order valence-electron chi connectivity index (χ3n) is 3.99. The molecular formula is C15H21NO2. The van der Waals surface area contributed by atoms with Crippen LogP contribution in [0.25, 0.3) is 0 Å². The molecule has 0 N–H and O–H groups in total. The van der Waals surface area contributed by atoms with Gasteiger partial charge in [-0.25, -0.2) is 4.79 Å². The van der Waals surface area contributed by atoms with Gasteiger partial charge in [-0.3, -0.25) is 4.90 Å². The second-order valence-electron chi connectivity index (χ2n) is 5.42. The summed E-state index contributed by atoms with van der Waals surface area (Å²) in [6, 6.07) is 8.08. The average Bonchev–Trinajstić information content (AvgIpc) is 2.30. The van der Waals surface area contributed by atoms with Gasteiger partial charge in [0, 0.05) is 5.54 Å². The van der Waals surface area contributed by atoms with Gasteiger partial charge in [-0.1, -0.05) is 25.1 Å². The summed E-state index contributed by atoms with van der Waals surface area (Å²) in [5, 5.41) is 0. The van der Waals surface area contributed by atoms with Gasteiger partial charge in [-0.2, -0.15) is 0 Å². The minimum absolute atomic E-state index is 0.222. The summed E-state index contributed by atoms with van der Waals surface area (Å²) in [7, 11) is 0. The van der Waals surface area contributed by atoms with Gasteiger partial charge in [0.15, 0.2) is 0 Å². The van der Waals surface area contributed by atoms with Gasteiger partial charge in [-0.05, 0) is 44.7 Å². The van der Waals surface area contributed by atoms with Gasteiger partial charge in [0.2, 0.25) is 0 Å². The molecule has 0 fully saturated rings. The van der Waals surface area contributed by atoms with Crippen molar-refractivity contribution in [2.45, 2.75) is 39.7 Å². The van der Waals surface area contributed by atoms with Crippen LogP contribution in [0.2, 0.25) is 0 Å². The number of benzene rings is 1. The second-order valence-corrected chi connectivity index (χ2v) is 5.42. The Morgan fingerprint density at radius 2 is 2.11 bits per heavy atom. The molecule has 0 saturated heterocycles. The molecule has 0 aliphatic carbocycles. The Morgan fingerprint density at radius 3 is 2.78 bits per heavy atom. The summed E-state index contributed by atoms with van der Waals surface area (Å²) < 4.78 is 5.21. The lowest BCUT2D eigenvalue weighted by Crippen LogP contribution is -2.55. The van der Waals surface area contributed by atoms with Crippen LogP contribution in [0.3, 0.4) is 0 Å². The fraction of sp³-hybridized carbons (Fsp3) is 0.533. The van der Waals surface area contributed by atoms with Crippen LogP contribution in [-0.2, 0) is 11.2 Å². The number of nitrogens with zero attached hydrogens (tertiary/aromatic N) is 1. The molecule has 1 aromatic carbocycles. The van der Waals surface area contributed by atoms with Crippen molar-refractivity contribution in [2.24, 2.45) is 5.92 Å². The van der Waals surface area contributed by atoms with Gasteiger partial charge in [0.25, 0.3) is 0 Å². The lowest BCUT2D eigenvalue weighted by Gasteiger charge is -2.46. The van der Waals surface area contributed by atoms with Crippen LogP contribution in [0.5, 0.6) is 0 Å². The van der Waals surface area contributed by atoms with Crippen LogP contribution in [0.4, 0.5) is 10.5 Å². The molecule has 2 rings (SSSR count). The Morgan fingerprint density at radius 1 is 1.44 bits per heavy atom. The number of amides is 1. The topological polar surface area (TPSA) is 29.5 Å². The predicted molar refractivity (Wildman–Crippen MR) is 72.9 cm³/mol. The summed E-state index contributed by atoms with van der Waals surface area (Å²) in [5.74, 6) is 0.400. The Balaban J connectivity index is 2.48. The van der Waals surface area contributed by atoms with E-state index in [1.165, 1.54) is 5.56 Å². The van der Waals surface area contributed by atoms with Crippen molar-refractivity contribution in [3.8, 4) is 0 Å². The first kappa shape index (κ1) is 12.9. The molecule has 0 spiro atoms. The molecule has 3 nitrogen and oxygen atoms in total. The van der Waals surface area contributed by atoms with Gasteiger partial charge >= 0.3 is 6.09 Å². The lowest BCUT2D eigenvalue weighted by atomic mass is 9.78. The Kier molecular flexibility index (Phi) is 3.33. The highest BCUT2D eigenvalue weighted by molar-refractivity contribution is 5.91. The maximum atomic E-state index is 12.2. The summed E-state index contributed by atoms with van der Waals surface area (Å²) in [6.07, 6.45) is 0.750. The van der Waals surface area contributed by atoms with E-state index in [9.17, 15) is 4.79 Å². The molecule has 0 aromatic heterocycles. The van der Waals surface area contributed by atoms with E-state index >= 15 is 0 Å². The first-order valence-corrected chi connectivity index (χ1v) is 6.53. The number of fused-ring (bicyclic) bond motifs is 1. The summed E-state index contributed by atoms with van der Waals surface area (Å²) >= 11 is 0. The van der Waals surface area contributed by atoms with Crippen LogP contribution in [0.15, 0.2) is 24.3 Å². The molecule has 1 amide bonds. The maximum absolute atomic E-state index is 12.2. The lowest BCUT2D eigenvalue weighted by molar-refractivity contribution is 0.145. The minimum atomic E-state index is -0.249. The van der Waals surface area contributed by atoms with Crippen LogP contribution in [0, 0.1) is 5.92 Å². The fourth-order valence-electron chi connectivity index (χ4n) is 2.53. The van der Waals surface area contributed by atoms with Crippen molar-refractivity contribution >= 4 is 11.8 Å². The first-order chi connectivity index (χ1) is 8.48. The zero-order chi connectivity index (χ0) is 13.3. The van der Waals surface area contributed by atoms with E-state index in [0.29, 0.717) is 12.5 Å². The van der Waals surface area contributed by atoms with E-state index in [-0.39, 0.29) is 11.6 Å². The van der Waals surface area contributed by atoms with Crippen LogP contribution in [-0.4, -0.2) is 18.2 Å². The van der Waals surface area contributed by atoms with Gasteiger partial charge in [0.1, 0.15) is 0 Å². The first-order valence-electron chi connectivity index (χ1n) is 6.53. The smallest absolute Gasteiger partial charge is 0.414 e. The van der Waals surface area contributed by atoms with E-state index in [0.717, 1.165) is 12.1 Å². The van der Waals surface area contributed by atoms with E-state index in [2.05, 4.69) is 26.8 Å². The Bertz CT molecular complexity index is 454. The van der Waals surface area contributed by atoms with E-state index in [1.54, 1.807) is 4.90 Å². The van der Waals surface area contributed by atoms with Crippen molar-refractivity contribution in [1.29, 1.82) is 0 Å².